The van der Waals surface area contributed by atoms with Crippen molar-refractivity contribution in [2.45, 2.75) is 6.92 Å². The molecule has 0 amide bonds. The van der Waals surface area contributed by atoms with Gasteiger partial charge in [0, 0.05) is 12.3 Å². The molecule has 0 aliphatic rings. The second-order valence-corrected chi connectivity index (χ2v) is 5.85. The molecule has 1 aromatic heterocycles. The van der Waals surface area contributed by atoms with Crippen LogP contribution < -0.4 is 20.1 Å². The van der Waals surface area contributed by atoms with E-state index in [0.29, 0.717) is 46.8 Å². The maximum absolute atomic E-state index is 12.2. The molecule has 3 aromatic rings. The van der Waals surface area contributed by atoms with Crippen LogP contribution in [0.5, 0.6) is 11.5 Å². The monoisotopic (exact) mass is 394 g/mol. The van der Waals surface area contributed by atoms with E-state index in [4.69, 9.17) is 14.2 Å². The van der Waals surface area contributed by atoms with Crippen LogP contribution in [0.15, 0.2) is 54.7 Å². The van der Waals surface area contributed by atoms with Gasteiger partial charge in [0.2, 0.25) is 5.95 Å². The lowest BCUT2D eigenvalue weighted by molar-refractivity contribution is 0.0527. The summed E-state index contributed by atoms with van der Waals surface area (Å²) in [5.41, 5.74) is 1.66. The van der Waals surface area contributed by atoms with Crippen molar-refractivity contribution in [2.24, 2.45) is 0 Å². The minimum atomic E-state index is -0.411. The van der Waals surface area contributed by atoms with Gasteiger partial charge in [-0.15, -0.1) is 0 Å². The Hall–Kier alpha value is -3.81. The molecule has 0 aliphatic carbocycles. The van der Waals surface area contributed by atoms with Gasteiger partial charge in [-0.2, -0.15) is 4.98 Å². The molecule has 2 aromatic carbocycles. The fraction of sp³-hybridized carbons (Fsp3) is 0.190. The highest BCUT2D eigenvalue weighted by atomic mass is 16.5. The van der Waals surface area contributed by atoms with E-state index < -0.39 is 5.97 Å². The Balaban J connectivity index is 1.84. The summed E-state index contributed by atoms with van der Waals surface area (Å²) in [6.45, 7) is 2.06. The normalized spacial score (nSPS) is 10.2. The second kappa shape index (κ2) is 9.41. The highest BCUT2D eigenvalue weighted by molar-refractivity contribution is 5.96. The molecule has 0 bridgehead atoms. The van der Waals surface area contributed by atoms with Crippen LogP contribution >= 0.6 is 0 Å². The molecule has 0 atom stereocenters. The van der Waals surface area contributed by atoms with E-state index in [-0.39, 0.29) is 0 Å². The number of esters is 1. The molecule has 0 radical (unpaired) electrons. The molecule has 1 heterocycles. The van der Waals surface area contributed by atoms with Crippen molar-refractivity contribution in [3.8, 4) is 11.5 Å². The maximum Gasteiger partial charge on any atom is 0.340 e. The van der Waals surface area contributed by atoms with Crippen LogP contribution in [0, 0.1) is 0 Å². The number of ether oxygens (including phenoxy) is 3. The minimum absolute atomic E-state index is 0.297. The van der Waals surface area contributed by atoms with Crippen LogP contribution in [0.2, 0.25) is 0 Å². The van der Waals surface area contributed by atoms with E-state index in [1.165, 1.54) is 0 Å². The second-order valence-electron chi connectivity index (χ2n) is 5.85. The van der Waals surface area contributed by atoms with E-state index >= 15 is 0 Å². The number of methoxy groups -OCH3 is 2. The fourth-order valence-corrected chi connectivity index (χ4v) is 2.64. The first-order valence-corrected chi connectivity index (χ1v) is 9.00. The lowest BCUT2D eigenvalue weighted by Gasteiger charge is -2.13. The number of carbonyl (C=O) groups excluding carboxylic acids is 1. The number of nitrogens with one attached hydrogen (secondary N) is 2. The summed E-state index contributed by atoms with van der Waals surface area (Å²) in [5.74, 6) is 1.79. The van der Waals surface area contributed by atoms with Crippen molar-refractivity contribution < 1.29 is 19.0 Å². The van der Waals surface area contributed by atoms with Gasteiger partial charge in [-0.3, -0.25) is 0 Å². The molecular formula is C21H22N4O4. The number of benzene rings is 2. The quantitative estimate of drug-likeness (QED) is 0.550. The van der Waals surface area contributed by atoms with E-state index in [2.05, 4.69) is 20.6 Å². The van der Waals surface area contributed by atoms with Gasteiger partial charge in [0.15, 0.2) is 0 Å². The lowest BCUT2D eigenvalue weighted by atomic mass is 10.2. The van der Waals surface area contributed by atoms with Crippen molar-refractivity contribution in [1.82, 2.24) is 9.97 Å². The van der Waals surface area contributed by atoms with Gasteiger partial charge < -0.3 is 24.8 Å². The molecule has 0 spiro atoms. The Kier molecular flexibility index (Phi) is 6.47. The van der Waals surface area contributed by atoms with Gasteiger partial charge in [0.1, 0.15) is 17.3 Å². The molecule has 0 saturated heterocycles. The molecule has 0 aliphatic heterocycles. The summed E-state index contributed by atoms with van der Waals surface area (Å²) in [6.07, 6.45) is 1.61. The average Bonchev–Trinajstić information content (AvgIpc) is 2.74. The Labute approximate surface area is 168 Å². The molecule has 0 fully saturated rings. The summed E-state index contributed by atoms with van der Waals surface area (Å²) < 4.78 is 15.7. The summed E-state index contributed by atoms with van der Waals surface area (Å²) in [5, 5.41) is 6.26. The number of nitrogens with zero attached hydrogens (tertiary/aromatic N) is 2. The zero-order chi connectivity index (χ0) is 20.6. The van der Waals surface area contributed by atoms with E-state index in [1.807, 2.05) is 18.2 Å². The van der Waals surface area contributed by atoms with E-state index in [0.717, 1.165) is 0 Å². The van der Waals surface area contributed by atoms with Gasteiger partial charge in [-0.25, -0.2) is 9.78 Å². The van der Waals surface area contributed by atoms with Gasteiger partial charge in [-0.1, -0.05) is 12.1 Å². The number of rotatable bonds is 8. The van der Waals surface area contributed by atoms with Crippen molar-refractivity contribution >= 4 is 29.1 Å². The Morgan fingerprint density at radius 3 is 2.59 bits per heavy atom. The third-order valence-electron chi connectivity index (χ3n) is 3.99. The first-order chi connectivity index (χ1) is 14.1. The molecule has 29 heavy (non-hydrogen) atoms. The lowest BCUT2D eigenvalue weighted by Crippen LogP contribution is -2.09. The van der Waals surface area contributed by atoms with Gasteiger partial charge >= 0.3 is 5.97 Å². The molecule has 8 nitrogen and oxygen atoms in total. The number of hydrogen-bond donors (Lipinski definition) is 2. The van der Waals surface area contributed by atoms with Crippen LogP contribution in [0.25, 0.3) is 0 Å². The average molecular weight is 394 g/mol. The third kappa shape index (κ3) is 4.92. The van der Waals surface area contributed by atoms with Crippen LogP contribution in [0.1, 0.15) is 17.3 Å². The Morgan fingerprint density at radius 2 is 1.83 bits per heavy atom. The van der Waals surface area contributed by atoms with E-state index in [1.54, 1.807) is 57.7 Å². The first kappa shape index (κ1) is 19.9. The van der Waals surface area contributed by atoms with E-state index in [9.17, 15) is 4.79 Å². The predicted molar refractivity (Wildman–Crippen MR) is 111 cm³/mol. The molecule has 3 rings (SSSR count). The Morgan fingerprint density at radius 1 is 1.00 bits per heavy atom. The van der Waals surface area contributed by atoms with Crippen LogP contribution in [0.3, 0.4) is 0 Å². The number of anilines is 4. The molecule has 8 heteroatoms. The van der Waals surface area contributed by atoms with Crippen LogP contribution in [-0.4, -0.2) is 36.8 Å². The van der Waals surface area contributed by atoms with Crippen molar-refractivity contribution in [1.29, 1.82) is 0 Å². The van der Waals surface area contributed by atoms with Gasteiger partial charge in [0.25, 0.3) is 0 Å². The Bertz CT molecular complexity index is 994. The highest BCUT2D eigenvalue weighted by Crippen LogP contribution is 2.31. The SMILES string of the molecule is CCOC(=O)c1ccccc1Nc1nccc(Nc2cc(OC)ccc2OC)n1. The summed E-state index contributed by atoms with van der Waals surface area (Å²) >= 11 is 0. The molecule has 2 N–H and O–H groups in total. The zero-order valence-electron chi connectivity index (χ0n) is 16.4. The predicted octanol–water partition coefficient (Wildman–Crippen LogP) is 4.16. The smallest absolute Gasteiger partial charge is 0.340 e. The van der Waals surface area contributed by atoms with Gasteiger partial charge in [0.05, 0.1) is 37.8 Å². The first-order valence-electron chi connectivity index (χ1n) is 9.00. The maximum atomic E-state index is 12.2. The molecule has 150 valence electrons. The van der Waals surface area contributed by atoms with Crippen molar-refractivity contribution in [3.05, 3.63) is 60.3 Å². The standard InChI is InChI=1S/C21H22N4O4/c1-4-29-20(26)15-7-5-6-8-16(15)24-21-22-12-11-19(25-21)23-17-13-14(27-2)9-10-18(17)28-3/h5-13H,4H2,1-3H3,(H2,22,23,24,25). The summed E-state index contributed by atoms with van der Waals surface area (Å²) in [7, 11) is 3.19. The number of hydrogen-bond acceptors (Lipinski definition) is 8. The highest BCUT2D eigenvalue weighted by Gasteiger charge is 2.13. The topological polar surface area (TPSA) is 94.6 Å². The van der Waals surface area contributed by atoms with Crippen LogP contribution in [-0.2, 0) is 4.74 Å². The third-order valence-corrected chi connectivity index (χ3v) is 3.99. The molecule has 0 saturated carbocycles. The van der Waals surface area contributed by atoms with Crippen LogP contribution in [0.4, 0.5) is 23.1 Å². The minimum Gasteiger partial charge on any atom is -0.497 e. The number of carbonyl (C=O) groups is 1. The molecule has 0 unspecified atom stereocenters. The number of para-hydroxylation sites is 1. The van der Waals surface area contributed by atoms with Gasteiger partial charge in [-0.05, 0) is 37.3 Å². The van der Waals surface area contributed by atoms with Crippen molar-refractivity contribution in [2.75, 3.05) is 31.5 Å². The summed E-state index contributed by atoms with van der Waals surface area (Å²) in [4.78, 5) is 20.8. The zero-order valence-corrected chi connectivity index (χ0v) is 16.4. The molecular weight excluding hydrogens is 372 g/mol. The fourth-order valence-electron chi connectivity index (χ4n) is 2.64. The largest absolute Gasteiger partial charge is 0.497 e. The number of aromatic nitrogens is 2. The van der Waals surface area contributed by atoms with Crippen molar-refractivity contribution in [3.63, 3.8) is 0 Å². The summed E-state index contributed by atoms with van der Waals surface area (Å²) in [6, 6.07) is 14.2.